The number of aliphatic imine (C=N–C) groups is 1. The van der Waals surface area contributed by atoms with E-state index in [0.29, 0.717) is 6.42 Å². The van der Waals surface area contributed by atoms with Gasteiger partial charge < -0.3 is 65.3 Å². The van der Waals surface area contributed by atoms with Gasteiger partial charge in [0.15, 0.2) is 5.96 Å². The molecule has 0 aliphatic heterocycles. The highest BCUT2D eigenvalue weighted by atomic mass is 16.3. The Morgan fingerprint density at radius 2 is 1.19 bits per heavy atom. The monoisotopic (exact) mass is 812 g/mol. The van der Waals surface area contributed by atoms with E-state index in [1.165, 1.54) is 6.92 Å². The molecule has 57 heavy (non-hydrogen) atoms. The van der Waals surface area contributed by atoms with E-state index in [2.05, 4.69) is 42.2 Å². The quantitative estimate of drug-likeness (QED) is 0.0213. The number of aliphatic hydroxyl groups excluding tert-OH is 1. The largest absolute Gasteiger partial charge is 0.394 e. The van der Waals surface area contributed by atoms with Crippen molar-refractivity contribution in [3.05, 3.63) is 0 Å². The molecule has 7 atom stereocenters. The van der Waals surface area contributed by atoms with Crippen molar-refractivity contribution in [2.24, 2.45) is 45.7 Å². The van der Waals surface area contributed by atoms with Crippen LogP contribution in [0.4, 0.5) is 0 Å². The number of carbonyl (C=O) groups is 9. The molecule has 0 aromatic carbocycles. The minimum absolute atomic E-state index is 0.0666. The Hall–Kier alpha value is -5.54. The van der Waals surface area contributed by atoms with Crippen molar-refractivity contribution in [1.29, 1.82) is 0 Å². The third kappa shape index (κ3) is 20.8. The Morgan fingerprint density at radius 1 is 0.649 bits per heavy atom. The van der Waals surface area contributed by atoms with Gasteiger partial charge in [0, 0.05) is 19.9 Å². The molecular formula is C35H64N12O10. The summed E-state index contributed by atoms with van der Waals surface area (Å²) in [5, 5.41) is 27.1. The average molecular weight is 813 g/mol. The number of hydrogen-bond donors (Lipinski definition) is 12. The number of aliphatic hydroxyl groups is 1. The summed E-state index contributed by atoms with van der Waals surface area (Å²) in [7, 11) is 0. The standard InChI is InChI=1S/C35H64N12O10/c1-8-19(6)28(29(37)52)46-26(51)15-41-30(53)24(16-48)45-34(57)27(18(4)5)47-33(56)23(14-17(2)3)44-32(55)22(11-12-25(36)50)43-31(54)21(42-20(7)49)10-9-13-40-35(38)39/h17-19,21-24,27-28,48H,8-16H2,1-7H3,(H2,36,50)(H2,37,52)(H,41,53)(H,42,49)(H,43,54)(H,44,55)(H,45,57)(H,46,51)(H,47,56)(H4,38,39,40)/t19-,21-,22-,23-,24-,27-,28-/m0/s1. The second-order valence-electron chi connectivity index (χ2n) is 14.5. The summed E-state index contributed by atoms with van der Waals surface area (Å²) in [6, 6.07) is -7.56. The van der Waals surface area contributed by atoms with Crippen molar-refractivity contribution in [3.63, 3.8) is 0 Å². The Bertz CT molecular complexity index is 1440. The van der Waals surface area contributed by atoms with Crippen molar-refractivity contribution in [3.8, 4) is 0 Å². The van der Waals surface area contributed by atoms with E-state index in [4.69, 9.17) is 22.9 Å². The number of carbonyl (C=O) groups excluding carboxylic acids is 9. The predicted octanol–water partition coefficient (Wildman–Crippen LogP) is -4.42. The Balaban J connectivity index is 5.98. The molecule has 0 aromatic heterocycles. The first-order valence-electron chi connectivity index (χ1n) is 18.8. The molecule has 22 heteroatoms. The van der Waals surface area contributed by atoms with Crippen LogP contribution in [-0.4, -0.2) is 120 Å². The molecule has 0 saturated heterocycles. The van der Waals surface area contributed by atoms with E-state index in [9.17, 15) is 48.3 Å². The van der Waals surface area contributed by atoms with Crippen molar-refractivity contribution >= 4 is 59.1 Å². The fourth-order valence-corrected chi connectivity index (χ4v) is 5.31. The molecule has 0 bridgehead atoms. The topological polar surface area (TPSA) is 375 Å². The average Bonchev–Trinajstić information content (AvgIpc) is 3.11. The number of hydrogen-bond acceptors (Lipinski definition) is 11. The van der Waals surface area contributed by atoms with Crippen LogP contribution in [0.15, 0.2) is 4.99 Å². The highest BCUT2D eigenvalue weighted by Crippen LogP contribution is 2.11. The van der Waals surface area contributed by atoms with Crippen molar-refractivity contribution in [2.45, 2.75) is 123 Å². The Labute approximate surface area is 332 Å². The van der Waals surface area contributed by atoms with Crippen LogP contribution in [0.5, 0.6) is 0 Å². The van der Waals surface area contributed by atoms with E-state index in [0.717, 1.165) is 0 Å². The van der Waals surface area contributed by atoms with Crippen molar-refractivity contribution in [2.75, 3.05) is 19.7 Å². The van der Waals surface area contributed by atoms with E-state index >= 15 is 0 Å². The summed E-state index contributed by atoms with van der Waals surface area (Å²) in [4.78, 5) is 118. The van der Waals surface area contributed by atoms with E-state index < -0.39 is 108 Å². The lowest BCUT2D eigenvalue weighted by Crippen LogP contribution is -2.60. The smallest absolute Gasteiger partial charge is 0.245 e. The molecular weight excluding hydrogens is 748 g/mol. The number of rotatable bonds is 27. The molecule has 0 radical (unpaired) electrons. The number of nitrogens with two attached hydrogens (primary N) is 4. The van der Waals surface area contributed by atoms with Gasteiger partial charge in [0.2, 0.25) is 53.2 Å². The molecule has 324 valence electrons. The molecule has 0 unspecified atom stereocenters. The van der Waals surface area contributed by atoms with Crippen LogP contribution >= 0.6 is 0 Å². The van der Waals surface area contributed by atoms with Gasteiger partial charge in [-0.2, -0.15) is 0 Å². The summed E-state index contributed by atoms with van der Waals surface area (Å²) in [5.74, 6) is -8.19. The molecule has 16 N–H and O–H groups in total. The second-order valence-corrected chi connectivity index (χ2v) is 14.5. The molecule has 9 amide bonds. The fourth-order valence-electron chi connectivity index (χ4n) is 5.31. The van der Waals surface area contributed by atoms with E-state index in [-0.39, 0.29) is 56.4 Å². The maximum Gasteiger partial charge on any atom is 0.245 e. The number of nitrogens with one attached hydrogen (secondary N) is 7. The Kier molecular flexibility index (Phi) is 23.8. The van der Waals surface area contributed by atoms with Gasteiger partial charge in [0.1, 0.15) is 36.3 Å². The van der Waals surface area contributed by atoms with Gasteiger partial charge in [-0.05, 0) is 43.4 Å². The van der Waals surface area contributed by atoms with Crippen molar-refractivity contribution < 1.29 is 48.3 Å². The van der Waals surface area contributed by atoms with Crippen molar-refractivity contribution in [1.82, 2.24) is 37.2 Å². The predicted molar refractivity (Wildman–Crippen MR) is 209 cm³/mol. The highest BCUT2D eigenvalue weighted by Gasteiger charge is 2.34. The molecule has 0 spiro atoms. The minimum Gasteiger partial charge on any atom is -0.394 e. The fraction of sp³-hybridized carbons (Fsp3) is 0.714. The zero-order valence-corrected chi connectivity index (χ0v) is 33.9. The van der Waals surface area contributed by atoms with Gasteiger partial charge in [-0.3, -0.25) is 48.1 Å². The number of primary amides is 2. The molecule has 22 nitrogen and oxygen atoms in total. The third-order valence-electron chi connectivity index (χ3n) is 8.61. The number of guanidine groups is 1. The maximum atomic E-state index is 13.7. The zero-order valence-electron chi connectivity index (χ0n) is 33.9. The first-order chi connectivity index (χ1) is 26.5. The van der Waals surface area contributed by atoms with Crippen LogP contribution in [0.25, 0.3) is 0 Å². The lowest BCUT2D eigenvalue weighted by Gasteiger charge is -2.29. The second kappa shape index (κ2) is 26.3. The van der Waals surface area contributed by atoms with Gasteiger partial charge in [-0.15, -0.1) is 0 Å². The van der Waals surface area contributed by atoms with Gasteiger partial charge in [-0.1, -0.05) is 48.0 Å². The van der Waals surface area contributed by atoms with Crippen LogP contribution in [0.1, 0.15) is 87.0 Å². The summed E-state index contributed by atoms with van der Waals surface area (Å²) in [6.45, 7) is 10.1. The van der Waals surface area contributed by atoms with Gasteiger partial charge in [-0.25, -0.2) is 0 Å². The van der Waals surface area contributed by atoms with Crippen LogP contribution in [0, 0.1) is 17.8 Å². The first kappa shape index (κ1) is 51.5. The van der Waals surface area contributed by atoms with Crippen LogP contribution in [0.2, 0.25) is 0 Å². The van der Waals surface area contributed by atoms with Gasteiger partial charge >= 0.3 is 0 Å². The van der Waals surface area contributed by atoms with Crippen LogP contribution in [-0.2, 0) is 43.2 Å². The molecule has 0 aliphatic rings. The van der Waals surface area contributed by atoms with Crippen LogP contribution in [0.3, 0.4) is 0 Å². The molecule has 0 aromatic rings. The molecule has 0 aliphatic carbocycles. The summed E-state index contributed by atoms with van der Waals surface area (Å²) >= 11 is 0. The lowest BCUT2D eigenvalue weighted by molar-refractivity contribution is -0.136. The highest BCUT2D eigenvalue weighted by molar-refractivity contribution is 5.97. The summed E-state index contributed by atoms with van der Waals surface area (Å²) < 4.78 is 0. The molecule has 0 fully saturated rings. The summed E-state index contributed by atoms with van der Waals surface area (Å²) in [5.41, 5.74) is 21.4. The third-order valence-corrected chi connectivity index (χ3v) is 8.61. The van der Waals surface area contributed by atoms with Gasteiger partial charge in [0.25, 0.3) is 0 Å². The normalized spacial score (nSPS) is 14.6. The number of nitrogens with zero attached hydrogens (tertiary/aromatic N) is 1. The minimum atomic E-state index is -1.54. The molecule has 0 heterocycles. The number of amides is 9. The van der Waals surface area contributed by atoms with E-state index in [1.54, 1.807) is 41.5 Å². The van der Waals surface area contributed by atoms with Gasteiger partial charge in [0.05, 0.1) is 13.2 Å². The lowest BCUT2D eigenvalue weighted by atomic mass is 9.98. The van der Waals surface area contributed by atoms with E-state index in [1.807, 2.05) is 0 Å². The first-order valence-corrected chi connectivity index (χ1v) is 18.8. The zero-order chi connectivity index (χ0) is 44.0. The van der Waals surface area contributed by atoms with Crippen LogP contribution < -0.4 is 60.2 Å². The SMILES string of the molecule is CC[C@H](C)[C@H](NC(=O)CNC(=O)[C@H](CO)NC(=O)[C@@H](NC(=O)[C@H](CC(C)C)NC(=O)[C@H](CCC(N)=O)NC(=O)[C@H](CCCN=C(N)N)NC(C)=O)C(C)C)C(N)=O. The Morgan fingerprint density at radius 3 is 1.67 bits per heavy atom. The summed E-state index contributed by atoms with van der Waals surface area (Å²) in [6.07, 6.45) is 0.411. The molecule has 0 rings (SSSR count). The maximum absolute atomic E-state index is 13.7. The molecule has 0 saturated carbocycles.